The van der Waals surface area contributed by atoms with Gasteiger partial charge in [-0.15, -0.1) is 11.3 Å². The normalized spacial score (nSPS) is 13.6. The van der Waals surface area contributed by atoms with Gasteiger partial charge in [-0.3, -0.25) is 0 Å². The molecule has 0 fully saturated rings. The lowest BCUT2D eigenvalue weighted by Crippen LogP contribution is -2.40. The van der Waals surface area contributed by atoms with Crippen molar-refractivity contribution < 1.29 is 9.90 Å². The van der Waals surface area contributed by atoms with Crippen LogP contribution in [0.15, 0.2) is 35.8 Å². The first-order valence-electron chi connectivity index (χ1n) is 5.91. The van der Waals surface area contributed by atoms with Crippen molar-refractivity contribution in [2.75, 3.05) is 11.9 Å². The van der Waals surface area contributed by atoms with Gasteiger partial charge in [-0.05, 0) is 30.5 Å². The maximum atomic E-state index is 11.8. The van der Waals surface area contributed by atoms with Crippen molar-refractivity contribution in [1.82, 2.24) is 10.3 Å². The van der Waals surface area contributed by atoms with E-state index in [0.717, 1.165) is 4.88 Å². The van der Waals surface area contributed by atoms with Crippen molar-refractivity contribution in [3.63, 3.8) is 0 Å². The predicted molar refractivity (Wildman–Crippen MR) is 80.2 cm³/mol. The van der Waals surface area contributed by atoms with Gasteiger partial charge in [0.1, 0.15) is 5.60 Å². The third kappa shape index (κ3) is 3.69. The van der Waals surface area contributed by atoms with Crippen molar-refractivity contribution in [2.45, 2.75) is 12.5 Å². The molecule has 2 aromatic heterocycles. The molecule has 20 heavy (non-hydrogen) atoms. The van der Waals surface area contributed by atoms with Crippen molar-refractivity contribution in [3.05, 3.63) is 45.9 Å². The van der Waals surface area contributed by atoms with Gasteiger partial charge in [0, 0.05) is 11.1 Å². The summed E-state index contributed by atoms with van der Waals surface area (Å²) in [5, 5.41) is 17.5. The van der Waals surface area contributed by atoms with E-state index >= 15 is 0 Å². The van der Waals surface area contributed by atoms with Crippen LogP contribution < -0.4 is 10.6 Å². The number of nitrogens with zero attached hydrogens (tertiary/aromatic N) is 1. The molecule has 0 aromatic carbocycles. The molecule has 1 unspecified atom stereocenters. The molecule has 0 saturated heterocycles. The Labute approximate surface area is 125 Å². The molecule has 2 amide bonds. The molecule has 2 rings (SSSR count). The number of carbonyl (C=O) groups excluding carboxylic acids is 1. The summed E-state index contributed by atoms with van der Waals surface area (Å²) in [5.74, 6) is 0. The maximum absolute atomic E-state index is 11.8. The number of aromatic nitrogens is 1. The Bertz CT molecular complexity index is 587. The molecule has 0 aliphatic rings. The lowest BCUT2D eigenvalue weighted by molar-refractivity contribution is 0.0637. The fourth-order valence-electron chi connectivity index (χ4n) is 1.57. The molecule has 106 valence electrons. The fourth-order valence-corrected chi connectivity index (χ4v) is 2.52. The van der Waals surface area contributed by atoms with Gasteiger partial charge in [0.25, 0.3) is 0 Å². The number of halogens is 1. The molecular weight excluding hydrogens is 298 g/mol. The Morgan fingerprint density at radius 2 is 2.30 bits per heavy atom. The van der Waals surface area contributed by atoms with Gasteiger partial charge in [0.2, 0.25) is 0 Å². The van der Waals surface area contributed by atoms with Crippen LogP contribution in [-0.2, 0) is 5.60 Å². The number of nitrogens with one attached hydrogen (secondary N) is 2. The van der Waals surface area contributed by atoms with Crippen LogP contribution in [0.3, 0.4) is 0 Å². The molecule has 0 radical (unpaired) electrons. The van der Waals surface area contributed by atoms with Gasteiger partial charge >= 0.3 is 6.03 Å². The molecule has 0 aliphatic carbocycles. The van der Waals surface area contributed by atoms with E-state index in [-0.39, 0.29) is 11.7 Å². The topological polar surface area (TPSA) is 74.2 Å². The summed E-state index contributed by atoms with van der Waals surface area (Å²) >= 11 is 7.27. The van der Waals surface area contributed by atoms with Crippen LogP contribution in [-0.4, -0.2) is 22.7 Å². The lowest BCUT2D eigenvalue weighted by atomic mass is 10.1. The van der Waals surface area contributed by atoms with E-state index in [4.69, 9.17) is 11.6 Å². The molecule has 1 atom stereocenters. The van der Waals surface area contributed by atoms with Crippen molar-refractivity contribution in [2.24, 2.45) is 0 Å². The van der Waals surface area contributed by atoms with Crippen LogP contribution in [0, 0.1) is 0 Å². The highest BCUT2D eigenvalue weighted by molar-refractivity contribution is 7.10. The van der Waals surface area contributed by atoms with E-state index in [1.807, 2.05) is 17.5 Å². The lowest BCUT2D eigenvalue weighted by Gasteiger charge is -2.22. The van der Waals surface area contributed by atoms with E-state index in [9.17, 15) is 9.90 Å². The highest BCUT2D eigenvalue weighted by Crippen LogP contribution is 2.24. The number of hydrogen-bond acceptors (Lipinski definition) is 4. The summed E-state index contributed by atoms with van der Waals surface area (Å²) in [6.07, 6.45) is 1.53. The second-order valence-electron chi connectivity index (χ2n) is 4.40. The number of anilines is 1. The maximum Gasteiger partial charge on any atom is 0.319 e. The third-order valence-corrected chi connectivity index (χ3v) is 4.08. The number of urea groups is 1. The van der Waals surface area contributed by atoms with Gasteiger partial charge < -0.3 is 15.7 Å². The summed E-state index contributed by atoms with van der Waals surface area (Å²) < 4.78 is 0. The minimum Gasteiger partial charge on any atom is -0.383 e. The van der Waals surface area contributed by atoms with Gasteiger partial charge in [0.05, 0.1) is 12.2 Å². The highest BCUT2D eigenvalue weighted by Gasteiger charge is 2.24. The Hall–Kier alpha value is -1.63. The quantitative estimate of drug-likeness (QED) is 0.760. The van der Waals surface area contributed by atoms with E-state index < -0.39 is 11.6 Å². The van der Waals surface area contributed by atoms with E-state index in [2.05, 4.69) is 15.6 Å². The Morgan fingerprint density at radius 3 is 2.95 bits per heavy atom. The van der Waals surface area contributed by atoms with Gasteiger partial charge in [-0.2, -0.15) is 0 Å². The molecule has 3 N–H and O–H groups in total. The van der Waals surface area contributed by atoms with Crippen molar-refractivity contribution >= 4 is 34.7 Å². The molecule has 0 bridgehead atoms. The zero-order chi connectivity index (χ0) is 14.6. The molecule has 2 heterocycles. The van der Waals surface area contributed by atoms with Crippen molar-refractivity contribution in [3.8, 4) is 0 Å². The van der Waals surface area contributed by atoms with Crippen LogP contribution >= 0.6 is 22.9 Å². The number of pyridine rings is 1. The van der Waals surface area contributed by atoms with Crippen LogP contribution in [0.25, 0.3) is 0 Å². The first kappa shape index (κ1) is 14.8. The number of rotatable bonds is 4. The number of thiophene rings is 1. The average molecular weight is 312 g/mol. The summed E-state index contributed by atoms with van der Waals surface area (Å²) in [5.41, 5.74) is -0.688. The second-order valence-corrected chi connectivity index (χ2v) is 5.71. The van der Waals surface area contributed by atoms with Crippen LogP contribution in [0.4, 0.5) is 10.5 Å². The fraction of sp³-hybridized carbons (Fsp3) is 0.231. The summed E-state index contributed by atoms with van der Waals surface area (Å²) in [4.78, 5) is 16.4. The number of carbonyl (C=O) groups is 1. The molecule has 0 spiro atoms. The first-order valence-corrected chi connectivity index (χ1v) is 7.16. The molecule has 5 nitrogen and oxygen atoms in total. The first-order chi connectivity index (χ1) is 9.49. The number of amides is 2. The van der Waals surface area contributed by atoms with Gasteiger partial charge in [-0.25, -0.2) is 9.78 Å². The standard InChI is InChI=1S/C13H14ClN3O2S/c1-13(19,10-5-3-7-20-10)8-16-12(18)17-9-4-2-6-15-11(9)14/h2-7,19H,8H2,1H3,(H2,16,17,18). The summed E-state index contributed by atoms with van der Waals surface area (Å²) in [6.45, 7) is 1.74. The third-order valence-electron chi connectivity index (χ3n) is 2.65. The number of aliphatic hydroxyl groups is 1. The zero-order valence-electron chi connectivity index (χ0n) is 10.8. The molecule has 2 aromatic rings. The van der Waals surface area contributed by atoms with Gasteiger partial charge in [-0.1, -0.05) is 17.7 Å². The Kier molecular flexibility index (Phi) is 4.59. The van der Waals surface area contributed by atoms with Crippen LogP contribution in [0.5, 0.6) is 0 Å². The smallest absolute Gasteiger partial charge is 0.319 e. The zero-order valence-corrected chi connectivity index (χ0v) is 12.3. The van der Waals surface area contributed by atoms with Crippen molar-refractivity contribution in [1.29, 1.82) is 0 Å². The predicted octanol–water partition coefficient (Wildman–Crippen LogP) is 2.83. The van der Waals surface area contributed by atoms with E-state index in [0.29, 0.717) is 5.69 Å². The monoisotopic (exact) mass is 311 g/mol. The Morgan fingerprint density at radius 1 is 1.50 bits per heavy atom. The summed E-state index contributed by atoms with van der Waals surface area (Å²) in [6, 6.07) is 6.54. The average Bonchev–Trinajstić information content (AvgIpc) is 2.94. The minimum atomic E-state index is -1.11. The summed E-state index contributed by atoms with van der Waals surface area (Å²) in [7, 11) is 0. The Balaban J connectivity index is 1.91. The molecule has 0 saturated carbocycles. The second kappa shape index (κ2) is 6.21. The number of hydrogen-bond donors (Lipinski definition) is 3. The highest BCUT2D eigenvalue weighted by atomic mass is 35.5. The molecule has 7 heteroatoms. The largest absolute Gasteiger partial charge is 0.383 e. The van der Waals surface area contributed by atoms with E-state index in [1.54, 1.807) is 19.1 Å². The SMILES string of the molecule is CC(O)(CNC(=O)Nc1cccnc1Cl)c1cccs1. The van der Waals surface area contributed by atoms with Gasteiger partial charge in [0.15, 0.2) is 5.15 Å². The molecular formula is C13H14ClN3O2S. The van der Waals surface area contributed by atoms with E-state index in [1.165, 1.54) is 17.5 Å². The minimum absolute atomic E-state index is 0.0945. The van der Waals surface area contributed by atoms with Crippen LogP contribution in [0.2, 0.25) is 5.15 Å². The molecule has 0 aliphatic heterocycles. The van der Waals surface area contributed by atoms with Crippen LogP contribution in [0.1, 0.15) is 11.8 Å².